The zero-order chi connectivity index (χ0) is 20.4. The Morgan fingerprint density at radius 1 is 1.00 bits per heavy atom. The molecule has 3 aromatic carbocycles. The molecule has 5 heteroatoms. The van der Waals surface area contributed by atoms with E-state index in [4.69, 9.17) is 11.6 Å². The minimum absolute atomic E-state index is 0.100. The van der Waals surface area contributed by atoms with E-state index in [1.165, 1.54) is 12.1 Å². The highest BCUT2D eigenvalue weighted by Crippen LogP contribution is 2.29. The predicted octanol–water partition coefficient (Wildman–Crippen LogP) is 6.44. The summed E-state index contributed by atoms with van der Waals surface area (Å²) < 4.78 is 13.7. The number of amides is 1. The van der Waals surface area contributed by atoms with Crippen LogP contribution in [0.15, 0.2) is 79.0 Å². The van der Waals surface area contributed by atoms with E-state index in [2.05, 4.69) is 10.3 Å². The third kappa shape index (κ3) is 4.13. The van der Waals surface area contributed by atoms with Gasteiger partial charge in [-0.1, -0.05) is 35.9 Å². The molecule has 0 spiro atoms. The maximum Gasteiger partial charge on any atom is 0.231 e. The summed E-state index contributed by atoms with van der Waals surface area (Å²) in [5.41, 5.74) is 4.18. The van der Waals surface area contributed by atoms with Gasteiger partial charge in [-0.3, -0.25) is 9.78 Å². The van der Waals surface area contributed by atoms with Crippen molar-refractivity contribution in [1.29, 1.82) is 0 Å². The smallest absolute Gasteiger partial charge is 0.231 e. The predicted molar refractivity (Wildman–Crippen MR) is 116 cm³/mol. The van der Waals surface area contributed by atoms with Gasteiger partial charge in [0.2, 0.25) is 5.91 Å². The number of aromatic nitrogens is 1. The van der Waals surface area contributed by atoms with Gasteiger partial charge in [-0.05, 0) is 72.1 Å². The lowest BCUT2D eigenvalue weighted by atomic mass is 9.95. The molecule has 0 aliphatic rings. The second-order valence-electron chi connectivity index (χ2n) is 6.86. The van der Waals surface area contributed by atoms with E-state index in [1.54, 1.807) is 36.5 Å². The van der Waals surface area contributed by atoms with Gasteiger partial charge in [0.25, 0.3) is 0 Å². The van der Waals surface area contributed by atoms with Crippen LogP contribution in [0, 0.1) is 5.82 Å². The Hall–Kier alpha value is -3.24. The first-order valence-electron chi connectivity index (χ1n) is 9.22. The van der Waals surface area contributed by atoms with Gasteiger partial charge < -0.3 is 5.32 Å². The second kappa shape index (κ2) is 8.02. The highest BCUT2D eigenvalue weighted by Gasteiger charge is 2.16. The molecule has 4 aromatic rings. The number of carbonyl (C=O) groups excluding carboxylic acids is 1. The van der Waals surface area contributed by atoms with Crippen LogP contribution in [0.4, 0.5) is 10.1 Å². The molecule has 144 valence electrons. The van der Waals surface area contributed by atoms with E-state index in [9.17, 15) is 9.18 Å². The number of carbonyl (C=O) groups is 1. The standard InChI is InChI=1S/C24H18ClFN2O/c1-15(24(29)28-20-9-6-18(25)7-10-20)16-2-4-17(5-3-16)21-12-13-27-23-11-8-19(26)14-22(21)23/h2-15H,1H3,(H,28,29). The van der Waals surface area contributed by atoms with Gasteiger partial charge in [-0.25, -0.2) is 4.39 Å². The quantitative estimate of drug-likeness (QED) is 0.425. The number of halogens is 2. The Balaban J connectivity index is 1.57. The van der Waals surface area contributed by atoms with Crippen molar-refractivity contribution in [2.45, 2.75) is 12.8 Å². The highest BCUT2D eigenvalue weighted by molar-refractivity contribution is 6.30. The van der Waals surface area contributed by atoms with Crippen molar-refractivity contribution in [3.8, 4) is 11.1 Å². The number of anilines is 1. The van der Waals surface area contributed by atoms with E-state index < -0.39 is 0 Å². The fourth-order valence-electron chi connectivity index (χ4n) is 3.26. The molecule has 0 bridgehead atoms. The molecule has 0 saturated heterocycles. The summed E-state index contributed by atoms with van der Waals surface area (Å²) in [6.45, 7) is 1.86. The lowest BCUT2D eigenvalue weighted by Gasteiger charge is -2.14. The summed E-state index contributed by atoms with van der Waals surface area (Å²) in [4.78, 5) is 16.9. The topological polar surface area (TPSA) is 42.0 Å². The molecule has 1 amide bonds. The number of fused-ring (bicyclic) bond motifs is 1. The average Bonchev–Trinajstić information content (AvgIpc) is 2.74. The Kier molecular flexibility index (Phi) is 5.28. The largest absolute Gasteiger partial charge is 0.326 e. The van der Waals surface area contributed by atoms with E-state index in [0.29, 0.717) is 10.7 Å². The molecule has 3 nitrogen and oxygen atoms in total. The van der Waals surface area contributed by atoms with E-state index in [-0.39, 0.29) is 17.6 Å². The number of hydrogen-bond acceptors (Lipinski definition) is 2. The van der Waals surface area contributed by atoms with Crippen molar-refractivity contribution in [1.82, 2.24) is 4.98 Å². The molecule has 1 N–H and O–H groups in total. The molecule has 0 fully saturated rings. The fourth-order valence-corrected chi connectivity index (χ4v) is 3.38. The first-order chi connectivity index (χ1) is 14.0. The number of nitrogens with zero attached hydrogens (tertiary/aromatic N) is 1. The molecule has 29 heavy (non-hydrogen) atoms. The van der Waals surface area contributed by atoms with Gasteiger partial charge in [0.05, 0.1) is 11.4 Å². The minimum atomic E-state index is -0.327. The minimum Gasteiger partial charge on any atom is -0.326 e. The van der Waals surface area contributed by atoms with Crippen LogP contribution in [-0.2, 0) is 4.79 Å². The molecule has 1 aromatic heterocycles. The number of benzene rings is 3. The van der Waals surface area contributed by atoms with Crippen molar-refractivity contribution in [3.63, 3.8) is 0 Å². The van der Waals surface area contributed by atoms with Crippen LogP contribution in [0.5, 0.6) is 0 Å². The van der Waals surface area contributed by atoms with Crippen LogP contribution in [0.2, 0.25) is 5.02 Å². The van der Waals surface area contributed by atoms with Crippen molar-refractivity contribution in [2.24, 2.45) is 0 Å². The van der Waals surface area contributed by atoms with Gasteiger partial charge in [-0.15, -0.1) is 0 Å². The van der Waals surface area contributed by atoms with E-state index in [1.807, 2.05) is 37.3 Å². The Morgan fingerprint density at radius 3 is 2.45 bits per heavy atom. The molecule has 4 rings (SSSR count). The van der Waals surface area contributed by atoms with Crippen LogP contribution in [-0.4, -0.2) is 10.9 Å². The monoisotopic (exact) mass is 404 g/mol. The molecule has 1 heterocycles. The molecular formula is C24H18ClFN2O. The molecule has 1 unspecified atom stereocenters. The van der Waals surface area contributed by atoms with Crippen LogP contribution in [0.25, 0.3) is 22.0 Å². The summed E-state index contributed by atoms with van der Waals surface area (Å²) in [5, 5.41) is 4.28. The summed E-state index contributed by atoms with van der Waals surface area (Å²) in [5.74, 6) is -0.723. The van der Waals surface area contributed by atoms with Crippen molar-refractivity contribution in [3.05, 3.63) is 95.4 Å². The van der Waals surface area contributed by atoms with Gasteiger partial charge in [-0.2, -0.15) is 0 Å². The van der Waals surface area contributed by atoms with Crippen LogP contribution in [0.3, 0.4) is 0 Å². The second-order valence-corrected chi connectivity index (χ2v) is 7.30. The third-order valence-corrected chi connectivity index (χ3v) is 5.18. The molecule has 0 radical (unpaired) electrons. The van der Waals surface area contributed by atoms with Gasteiger partial charge in [0, 0.05) is 22.3 Å². The number of rotatable bonds is 4. The molecular weight excluding hydrogens is 387 g/mol. The van der Waals surface area contributed by atoms with E-state index >= 15 is 0 Å². The lowest BCUT2D eigenvalue weighted by Crippen LogP contribution is -2.18. The molecule has 0 aliphatic heterocycles. The van der Waals surface area contributed by atoms with Crippen LogP contribution in [0.1, 0.15) is 18.4 Å². The van der Waals surface area contributed by atoms with Gasteiger partial charge >= 0.3 is 0 Å². The maximum atomic E-state index is 13.7. The van der Waals surface area contributed by atoms with Crippen molar-refractivity contribution < 1.29 is 9.18 Å². The average molecular weight is 405 g/mol. The third-order valence-electron chi connectivity index (χ3n) is 4.93. The Labute approximate surface area is 173 Å². The maximum absolute atomic E-state index is 13.7. The molecule has 0 saturated carbocycles. The van der Waals surface area contributed by atoms with Gasteiger partial charge in [0.1, 0.15) is 5.82 Å². The zero-order valence-electron chi connectivity index (χ0n) is 15.7. The van der Waals surface area contributed by atoms with Crippen molar-refractivity contribution >= 4 is 34.1 Å². The lowest BCUT2D eigenvalue weighted by molar-refractivity contribution is -0.117. The number of pyridine rings is 1. The molecule has 1 atom stereocenters. The summed E-state index contributed by atoms with van der Waals surface area (Å²) >= 11 is 5.88. The van der Waals surface area contributed by atoms with Gasteiger partial charge in [0.15, 0.2) is 0 Å². The first kappa shape index (κ1) is 19.1. The molecule has 0 aliphatic carbocycles. The highest BCUT2D eigenvalue weighted by atomic mass is 35.5. The summed E-state index contributed by atoms with van der Waals surface area (Å²) in [6.07, 6.45) is 1.71. The SMILES string of the molecule is CC(C(=O)Nc1ccc(Cl)cc1)c1ccc(-c2ccnc3ccc(F)cc23)cc1. The Morgan fingerprint density at radius 2 is 1.72 bits per heavy atom. The van der Waals surface area contributed by atoms with Crippen molar-refractivity contribution in [2.75, 3.05) is 5.32 Å². The van der Waals surface area contributed by atoms with Crippen LogP contribution < -0.4 is 5.32 Å². The summed E-state index contributed by atoms with van der Waals surface area (Å²) in [6, 6.07) is 21.2. The normalized spacial score (nSPS) is 12.0. The zero-order valence-corrected chi connectivity index (χ0v) is 16.5. The first-order valence-corrected chi connectivity index (χ1v) is 9.60. The number of hydrogen-bond donors (Lipinski definition) is 1. The fraction of sp³-hybridized carbons (Fsp3) is 0.0833. The Bertz CT molecular complexity index is 1170. The summed E-state index contributed by atoms with van der Waals surface area (Å²) in [7, 11) is 0. The number of nitrogens with one attached hydrogen (secondary N) is 1. The van der Waals surface area contributed by atoms with Crippen LogP contribution >= 0.6 is 11.6 Å². The van der Waals surface area contributed by atoms with E-state index in [0.717, 1.165) is 27.6 Å².